The summed E-state index contributed by atoms with van der Waals surface area (Å²) < 4.78 is 10.5. The fourth-order valence-corrected chi connectivity index (χ4v) is 2.59. The number of hydrogen-bond donors (Lipinski definition) is 0. The highest BCUT2D eigenvalue weighted by atomic mass is 35.5. The zero-order valence-corrected chi connectivity index (χ0v) is 13.2. The second kappa shape index (κ2) is 6.19. The van der Waals surface area contributed by atoms with E-state index in [2.05, 4.69) is 0 Å². The van der Waals surface area contributed by atoms with Crippen molar-refractivity contribution in [3.63, 3.8) is 0 Å². The fraction of sp³-hybridized carbons (Fsp3) is 0.235. The SMILES string of the molecule is COc1cc(C)c(C(=O)c2c(C)cccc2Cl)cc1OC. The first-order chi connectivity index (χ1) is 9.99. The highest BCUT2D eigenvalue weighted by Gasteiger charge is 2.19. The average molecular weight is 305 g/mol. The maximum absolute atomic E-state index is 12.8. The van der Waals surface area contributed by atoms with Crippen molar-refractivity contribution in [2.45, 2.75) is 13.8 Å². The normalized spacial score (nSPS) is 10.3. The molecule has 21 heavy (non-hydrogen) atoms. The van der Waals surface area contributed by atoms with Crippen LogP contribution in [0.5, 0.6) is 11.5 Å². The molecule has 0 saturated heterocycles. The Kier molecular flexibility index (Phi) is 4.53. The Morgan fingerprint density at radius 3 is 2.19 bits per heavy atom. The summed E-state index contributed by atoms with van der Waals surface area (Å²) >= 11 is 6.18. The van der Waals surface area contributed by atoms with E-state index in [9.17, 15) is 4.79 Å². The molecule has 0 aliphatic heterocycles. The molecule has 0 radical (unpaired) electrons. The number of hydrogen-bond acceptors (Lipinski definition) is 3. The number of methoxy groups -OCH3 is 2. The van der Waals surface area contributed by atoms with Gasteiger partial charge in [-0.05, 0) is 43.2 Å². The van der Waals surface area contributed by atoms with Gasteiger partial charge < -0.3 is 9.47 Å². The van der Waals surface area contributed by atoms with Crippen LogP contribution in [0.25, 0.3) is 0 Å². The Labute approximate surface area is 129 Å². The predicted molar refractivity (Wildman–Crippen MR) is 83.9 cm³/mol. The molecule has 0 aliphatic carbocycles. The minimum absolute atomic E-state index is 0.114. The third kappa shape index (κ3) is 2.88. The average Bonchev–Trinajstić information content (AvgIpc) is 2.46. The van der Waals surface area contributed by atoms with Crippen LogP contribution in [-0.4, -0.2) is 20.0 Å². The molecule has 3 nitrogen and oxygen atoms in total. The van der Waals surface area contributed by atoms with Gasteiger partial charge in [-0.25, -0.2) is 0 Å². The molecule has 2 rings (SSSR count). The van der Waals surface area contributed by atoms with Gasteiger partial charge in [-0.15, -0.1) is 0 Å². The Morgan fingerprint density at radius 1 is 1.00 bits per heavy atom. The molecule has 0 atom stereocenters. The summed E-state index contributed by atoms with van der Waals surface area (Å²) in [5.41, 5.74) is 2.75. The molecule has 110 valence electrons. The second-order valence-corrected chi connectivity index (χ2v) is 5.19. The van der Waals surface area contributed by atoms with Gasteiger partial charge >= 0.3 is 0 Å². The molecule has 0 fully saturated rings. The highest BCUT2D eigenvalue weighted by molar-refractivity contribution is 6.35. The molecule has 2 aromatic rings. The van der Waals surface area contributed by atoms with Crippen LogP contribution in [0.2, 0.25) is 5.02 Å². The third-order valence-electron chi connectivity index (χ3n) is 3.42. The molecule has 0 saturated carbocycles. The first-order valence-corrected chi connectivity index (χ1v) is 6.89. The molecule has 2 aromatic carbocycles. The van der Waals surface area contributed by atoms with Crippen molar-refractivity contribution in [3.8, 4) is 11.5 Å². The van der Waals surface area contributed by atoms with Gasteiger partial charge in [0.05, 0.1) is 19.2 Å². The van der Waals surface area contributed by atoms with Gasteiger partial charge in [0, 0.05) is 11.1 Å². The number of ether oxygens (including phenoxy) is 2. The number of carbonyl (C=O) groups excluding carboxylic acids is 1. The lowest BCUT2D eigenvalue weighted by Crippen LogP contribution is -2.07. The minimum atomic E-state index is -0.114. The van der Waals surface area contributed by atoms with Crippen molar-refractivity contribution >= 4 is 17.4 Å². The van der Waals surface area contributed by atoms with E-state index in [0.29, 0.717) is 27.6 Å². The van der Waals surface area contributed by atoms with Gasteiger partial charge in [0.1, 0.15) is 0 Å². The van der Waals surface area contributed by atoms with Crippen molar-refractivity contribution < 1.29 is 14.3 Å². The molecule has 0 heterocycles. The maximum Gasteiger partial charge on any atom is 0.195 e. The summed E-state index contributed by atoms with van der Waals surface area (Å²) in [6.45, 7) is 3.73. The number of benzene rings is 2. The monoisotopic (exact) mass is 304 g/mol. The number of ketones is 1. The quantitative estimate of drug-likeness (QED) is 0.794. The first kappa shape index (κ1) is 15.4. The lowest BCUT2D eigenvalue weighted by molar-refractivity contribution is 0.103. The molecule has 0 bridgehead atoms. The van der Waals surface area contributed by atoms with Crippen LogP contribution in [0.3, 0.4) is 0 Å². The first-order valence-electron chi connectivity index (χ1n) is 6.52. The maximum atomic E-state index is 12.8. The van der Waals surface area contributed by atoms with E-state index in [4.69, 9.17) is 21.1 Å². The third-order valence-corrected chi connectivity index (χ3v) is 3.74. The largest absolute Gasteiger partial charge is 0.493 e. The summed E-state index contributed by atoms with van der Waals surface area (Å²) in [7, 11) is 3.11. The molecular weight excluding hydrogens is 288 g/mol. The highest BCUT2D eigenvalue weighted by Crippen LogP contribution is 2.32. The zero-order valence-electron chi connectivity index (χ0n) is 12.5. The van der Waals surface area contributed by atoms with Crippen LogP contribution in [0, 0.1) is 13.8 Å². The topological polar surface area (TPSA) is 35.5 Å². The van der Waals surface area contributed by atoms with Gasteiger partial charge in [-0.1, -0.05) is 23.7 Å². The molecule has 0 aliphatic rings. The Bertz CT molecular complexity index is 672. The van der Waals surface area contributed by atoms with E-state index >= 15 is 0 Å². The Balaban J connectivity index is 2.59. The van der Waals surface area contributed by atoms with Crippen molar-refractivity contribution in [2.24, 2.45) is 0 Å². The molecule has 0 N–H and O–H groups in total. The van der Waals surface area contributed by atoms with E-state index in [0.717, 1.165) is 11.1 Å². The Morgan fingerprint density at radius 2 is 1.62 bits per heavy atom. The summed E-state index contributed by atoms with van der Waals surface area (Å²) in [6, 6.07) is 8.90. The molecule has 4 heteroatoms. The lowest BCUT2D eigenvalue weighted by atomic mass is 9.95. The molecule has 0 spiro atoms. The summed E-state index contributed by atoms with van der Waals surface area (Å²) in [5, 5.41) is 0.453. The summed E-state index contributed by atoms with van der Waals surface area (Å²) in [6.07, 6.45) is 0. The van der Waals surface area contributed by atoms with Crippen LogP contribution in [-0.2, 0) is 0 Å². The van der Waals surface area contributed by atoms with Crippen LogP contribution in [0.4, 0.5) is 0 Å². The van der Waals surface area contributed by atoms with Crippen LogP contribution >= 0.6 is 11.6 Å². The number of rotatable bonds is 4. The van der Waals surface area contributed by atoms with Crippen molar-refractivity contribution in [3.05, 3.63) is 57.6 Å². The van der Waals surface area contributed by atoms with Crippen LogP contribution < -0.4 is 9.47 Å². The zero-order chi connectivity index (χ0) is 15.6. The standard InChI is InChI=1S/C17H17ClO3/c1-10-6-5-7-13(18)16(10)17(19)12-9-15(21-4)14(20-3)8-11(12)2/h5-9H,1-4H3. The number of halogens is 1. The molecule has 0 aromatic heterocycles. The van der Waals surface area contributed by atoms with Gasteiger partial charge in [-0.2, -0.15) is 0 Å². The van der Waals surface area contributed by atoms with Gasteiger partial charge in [0.2, 0.25) is 0 Å². The fourth-order valence-electron chi connectivity index (χ4n) is 2.28. The van der Waals surface area contributed by atoms with E-state index in [1.165, 1.54) is 0 Å². The summed E-state index contributed by atoms with van der Waals surface area (Å²) in [5.74, 6) is 1.01. The van der Waals surface area contributed by atoms with Gasteiger partial charge in [0.25, 0.3) is 0 Å². The van der Waals surface area contributed by atoms with E-state index < -0.39 is 0 Å². The van der Waals surface area contributed by atoms with Gasteiger partial charge in [-0.3, -0.25) is 4.79 Å². The van der Waals surface area contributed by atoms with Crippen LogP contribution in [0.1, 0.15) is 27.0 Å². The predicted octanol–water partition coefficient (Wildman–Crippen LogP) is 4.21. The minimum Gasteiger partial charge on any atom is -0.493 e. The van der Waals surface area contributed by atoms with Crippen LogP contribution in [0.15, 0.2) is 30.3 Å². The number of carbonyl (C=O) groups is 1. The van der Waals surface area contributed by atoms with E-state index in [1.54, 1.807) is 32.4 Å². The van der Waals surface area contributed by atoms with E-state index in [1.807, 2.05) is 26.0 Å². The summed E-state index contributed by atoms with van der Waals surface area (Å²) in [4.78, 5) is 12.8. The van der Waals surface area contributed by atoms with Crippen molar-refractivity contribution in [1.29, 1.82) is 0 Å². The lowest BCUT2D eigenvalue weighted by Gasteiger charge is -2.13. The van der Waals surface area contributed by atoms with E-state index in [-0.39, 0.29) is 5.78 Å². The van der Waals surface area contributed by atoms with Gasteiger partial charge in [0.15, 0.2) is 17.3 Å². The smallest absolute Gasteiger partial charge is 0.195 e. The number of aryl methyl sites for hydroxylation is 2. The second-order valence-electron chi connectivity index (χ2n) is 4.78. The van der Waals surface area contributed by atoms with Crippen molar-refractivity contribution in [1.82, 2.24) is 0 Å². The molecular formula is C17H17ClO3. The Hall–Kier alpha value is -2.00. The molecule has 0 unspecified atom stereocenters. The molecule has 0 amide bonds. The van der Waals surface area contributed by atoms with Crippen molar-refractivity contribution in [2.75, 3.05) is 14.2 Å².